The molecule has 0 aliphatic carbocycles. The SMILES string of the molecule is CC(C)(C)c1ccc(=O)n(CCN2CCN(c3ncc(Cl)cn3)CC2)n1. The Morgan fingerprint density at radius 3 is 2.31 bits per heavy atom. The molecule has 140 valence electrons. The van der Waals surface area contributed by atoms with Crippen molar-refractivity contribution >= 4 is 17.5 Å². The molecule has 0 radical (unpaired) electrons. The summed E-state index contributed by atoms with van der Waals surface area (Å²) < 4.78 is 1.58. The summed E-state index contributed by atoms with van der Waals surface area (Å²) in [4.78, 5) is 25.1. The highest BCUT2D eigenvalue weighted by Gasteiger charge is 2.20. The van der Waals surface area contributed by atoms with Gasteiger partial charge in [0.15, 0.2) is 0 Å². The summed E-state index contributed by atoms with van der Waals surface area (Å²) in [5.74, 6) is 0.713. The van der Waals surface area contributed by atoms with Crippen LogP contribution in [0.5, 0.6) is 0 Å². The molecule has 3 heterocycles. The first-order valence-corrected chi connectivity index (χ1v) is 9.24. The molecular weight excluding hydrogens is 352 g/mol. The molecule has 0 amide bonds. The second-order valence-electron chi connectivity index (χ2n) is 7.56. The third-order valence-corrected chi connectivity index (χ3v) is 4.72. The highest BCUT2D eigenvalue weighted by molar-refractivity contribution is 6.30. The summed E-state index contributed by atoms with van der Waals surface area (Å²) in [6.45, 7) is 11.2. The van der Waals surface area contributed by atoms with Crippen molar-refractivity contribution in [2.24, 2.45) is 0 Å². The quantitative estimate of drug-likeness (QED) is 0.810. The molecule has 0 spiro atoms. The van der Waals surface area contributed by atoms with Crippen LogP contribution in [0.25, 0.3) is 0 Å². The van der Waals surface area contributed by atoms with E-state index in [0.717, 1.165) is 38.4 Å². The Morgan fingerprint density at radius 2 is 1.69 bits per heavy atom. The number of piperazine rings is 1. The minimum Gasteiger partial charge on any atom is -0.338 e. The first-order valence-electron chi connectivity index (χ1n) is 8.86. The van der Waals surface area contributed by atoms with Crippen LogP contribution in [-0.2, 0) is 12.0 Å². The molecular formula is C18H25ClN6O. The van der Waals surface area contributed by atoms with E-state index >= 15 is 0 Å². The summed E-state index contributed by atoms with van der Waals surface area (Å²) in [5, 5.41) is 5.08. The van der Waals surface area contributed by atoms with Gasteiger partial charge in [0, 0.05) is 44.2 Å². The molecule has 0 N–H and O–H groups in total. The lowest BCUT2D eigenvalue weighted by Gasteiger charge is -2.34. The fourth-order valence-corrected chi connectivity index (χ4v) is 2.98. The molecule has 1 aliphatic heterocycles. The molecule has 26 heavy (non-hydrogen) atoms. The Balaban J connectivity index is 1.56. The number of anilines is 1. The van der Waals surface area contributed by atoms with E-state index in [-0.39, 0.29) is 11.0 Å². The van der Waals surface area contributed by atoms with E-state index in [1.54, 1.807) is 23.1 Å². The molecule has 0 atom stereocenters. The first kappa shape index (κ1) is 18.8. The van der Waals surface area contributed by atoms with Crippen molar-refractivity contribution in [3.63, 3.8) is 0 Å². The Bertz CT molecular complexity index is 791. The minimum atomic E-state index is -0.0698. The monoisotopic (exact) mass is 376 g/mol. The van der Waals surface area contributed by atoms with Crippen LogP contribution in [0.15, 0.2) is 29.3 Å². The van der Waals surface area contributed by atoms with Gasteiger partial charge in [-0.3, -0.25) is 9.69 Å². The lowest BCUT2D eigenvalue weighted by molar-refractivity contribution is 0.241. The molecule has 1 fully saturated rings. The van der Waals surface area contributed by atoms with Crippen molar-refractivity contribution in [1.29, 1.82) is 0 Å². The fourth-order valence-electron chi connectivity index (χ4n) is 2.89. The second kappa shape index (κ2) is 7.72. The summed E-state index contributed by atoms with van der Waals surface area (Å²) >= 11 is 5.84. The zero-order valence-corrected chi connectivity index (χ0v) is 16.3. The van der Waals surface area contributed by atoms with Gasteiger partial charge in [0.2, 0.25) is 5.95 Å². The van der Waals surface area contributed by atoms with Crippen LogP contribution in [0.4, 0.5) is 5.95 Å². The summed E-state index contributed by atoms with van der Waals surface area (Å²) in [6, 6.07) is 3.44. The van der Waals surface area contributed by atoms with E-state index < -0.39 is 0 Å². The topological polar surface area (TPSA) is 67.2 Å². The van der Waals surface area contributed by atoms with Gasteiger partial charge < -0.3 is 4.90 Å². The van der Waals surface area contributed by atoms with Crippen LogP contribution >= 0.6 is 11.6 Å². The van der Waals surface area contributed by atoms with Crippen molar-refractivity contribution in [2.75, 3.05) is 37.6 Å². The number of rotatable bonds is 4. The average Bonchev–Trinajstić information content (AvgIpc) is 2.61. The van der Waals surface area contributed by atoms with Crippen LogP contribution in [0, 0.1) is 0 Å². The highest BCUT2D eigenvalue weighted by atomic mass is 35.5. The molecule has 2 aromatic rings. The molecule has 1 aliphatic rings. The van der Waals surface area contributed by atoms with E-state index in [4.69, 9.17) is 11.6 Å². The number of nitrogens with zero attached hydrogens (tertiary/aromatic N) is 6. The van der Waals surface area contributed by atoms with E-state index in [9.17, 15) is 4.79 Å². The predicted octanol–water partition coefficient (Wildman–Crippen LogP) is 1.81. The lowest BCUT2D eigenvalue weighted by atomic mass is 9.92. The van der Waals surface area contributed by atoms with Crippen molar-refractivity contribution in [2.45, 2.75) is 32.7 Å². The Labute approximate surface area is 158 Å². The zero-order valence-electron chi connectivity index (χ0n) is 15.5. The van der Waals surface area contributed by atoms with Crippen LogP contribution in [0.1, 0.15) is 26.5 Å². The van der Waals surface area contributed by atoms with Gasteiger partial charge in [0.25, 0.3) is 5.56 Å². The van der Waals surface area contributed by atoms with Gasteiger partial charge in [-0.05, 0) is 6.07 Å². The maximum absolute atomic E-state index is 12.1. The van der Waals surface area contributed by atoms with Gasteiger partial charge in [-0.1, -0.05) is 32.4 Å². The lowest BCUT2D eigenvalue weighted by Crippen LogP contribution is -2.48. The maximum atomic E-state index is 12.1. The van der Waals surface area contributed by atoms with Crippen molar-refractivity contribution in [1.82, 2.24) is 24.6 Å². The molecule has 0 saturated carbocycles. The number of hydrogen-bond acceptors (Lipinski definition) is 6. The average molecular weight is 377 g/mol. The third-order valence-electron chi connectivity index (χ3n) is 4.52. The molecule has 0 aromatic carbocycles. The van der Waals surface area contributed by atoms with Gasteiger partial charge in [0.05, 0.1) is 29.7 Å². The van der Waals surface area contributed by atoms with Gasteiger partial charge in [-0.15, -0.1) is 0 Å². The van der Waals surface area contributed by atoms with E-state index in [1.807, 2.05) is 6.07 Å². The molecule has 0 unspecified atom stereocenters. The molecule has 3 rings (SSSR count). The highest BCUT2D eigenvalue weighted by Crippen LogP contribution is 2.18. The van der Waals surface area contributed by atoms with Crippen LogP contribution in [0.2, 0.25) is 5.02 Å². The van der Waals surface area contributed by atoms with Crippen LogP contribution in [0.3, 0.4) is 0 Å². The third kappa shape index (κ3) is 4.59. The normalized spacial score (nSPS) is 16.1. The van der Waals surface area contributed by atoms with Crippen molar-refractivity contribution in [3.8, 4) is 0 Å². The van der Waals surface area contributed by atoms with Crippen LogP contribution < -0.4 is 10.5 Å². The second-order valence-corrected chi connectivity index (χ2v) is 8.00. The van der Waals surface area contributed by atoms with E-state index in [1.165, 1.54) is 0 Å². The predicted molar refractivity (Wildman–Crippen MR) is 103 cm³/mol. The van der Waals surface area contributed by atoms with E-state index in [0.29, 0.717) is 17.5 Å². The molecule has 0 bridgehead atoms. The van der Waals surface area contributed by atoms with Gasteiger partial charge in [0.1, 0.15) is 0 Å². The molecule has 8 heteroatoms. The Kier molecular flexibility index (Phi) is 5.58. The number of hydrogen-bond donors (Lipinski definition) is 0. The molecule has 2 aromatic heterocycles. The summed E-state index contributed by atoms with van der Waals surface area (Å²) in [5.41, 5.74) is 0.813. The summed E-state index contributed by atoms with van der Waals surface area (Å²) in [7, 11) is 0. The zero-order chi connectivity index (χ0) is 18.7. The first-order chi connectivity index (χ1) is 12.3. The smallest absolute Gasteiger partial charge is 0.266 e. The van der Waals surface area contributed by atoms with Gasteiger partial charge in [-0.25, -0.2) is 14.6 Å². The fraction of sp³-hybridized carbons (Fsp3) is 0.556. The Hall–Kier alpha value is -1.99. The standard InChI is InChI=1S/C18H25ClN6O/c1-18(2,3)15-4-5-16(26)25(22-15)11-8-23-6-9-24(10-7-23)17-20-12-14(19)13-21-17/h4-5,12-13H,6-11H2,1-3H3. The summed E-state index contributed by atoms with van der Waals surface area (Å²) in [6.07, 6.45) is 3.24. The van der Waals surface area contributed by atoms with E-state index in [2.05, 4.69) is 45.6 Å². The van der Waals surface area contributed by atoms with Gasteiger partial charge in [-0.2, -0.15) is 5.10 Å². The van der Waals surface area contributed by atoms with Gasteiger partial charge >= 0.3 is 0 Å². The van der Waals surface area contributed by atoms with Crippen LogP contribution in [-0.4, -0.2) is 57.4 Å². The van der Waals surface area contributed by atoms with Crippen molar-refractivity contribution < 1.29 is 0 Å². The number of aromatic nitrogens is 4. The number of halogens is 1. The van der Waals surface area contributed by atoms with Crippen molar-refractivity contribution in [3.05, 3.63) is 45.6 Å². The minimum absolute atomic E-state index is 0.0498. The maximum Gasteiger partial charge on any atom is 0.266 e. The molecule has 1 saturated heterocycles. The Morgan fingerprint density at radius 1 is 1.04 bits per heavy atom. The largest absolute Gasteiger partial charge is 0.338 e. The molecule has 7 nitrogen and oxygen atoms in total.